The summed E-state index contributed by atoms with van der Waals surface area (Å²) >= 11 is 0. The molecule has 1 aromatic carbocycles. The lowest BCUT2D eigenvalue weighted by atomic mass is 10.1. The SMILES string of the molecule is O=C(O)c1cccc(CNCc2cccnc2OC2CCCC2)c1. The largest absolute Gasteiger partial charge is 0.478 e. The number of carbonyl (C=O) groups is 1. The number of hydrogen-bond acceptors (Lipinski definition) is 4. The third-order valence-corrected chi connectivity index (χ3v) is 4.25. The zero-order valence-electron chi connectivity index (χ0n) is 13.6. The zero-order chi connectivity index (χ0) is 16.8. The lowest BCUT2D eigenvalue weighted by Gasteiger charge is -2.15. The van der Waals surface area contributed by atoms with Crippen LogP contribution in [0.2, 0.25) is 0 Å². The van der Waals surface area contributed by atoms with Crippen molar-refractivity contribution in [2.75, 3.05) is 0 Å². The van der Waals surface area contributed by atoms with Crippen LogP contribution in [0.4, 0.5) is 0 Å². The number of rotatable bonds is 7. The summed E-state index contributed by atoms with van der Waals surface area (Å²) in [6.45, 7) is 1.23. The van der Waals surface area contributed by atoms with Gasteiger partial charge in [-0.15, -0.1) is 0 Å². The van der Waals surface area contributed by atoms with Gasteiger partial charge in [-0.2, -0.15) is 0 Å². The molecule has 24 heavy (non-hydrogen) atoms. The Balaban J connectivity index is 1.58. The van der Waals surface area contributed by atoms with Gasteiger partial charge in [0, 0.05) is 24.8 Å². The molecule has 126 valence electrons. The average molecular weight is 326 g/mol. The average Bonchev–Trinajstić information content (AvgIpc) is 3.10. The van der Waals surface area contributed by atoms with Crippen LogP contribution in [-0.4, -0.2) is 22.2 Å². The van der Waals surface area contributed by atoms with Gasteiger partial charge in [-0.05, 0) is 49.4 Å². The number of aromatic nitrogens is 1. The number of carboxylic acids is 1. The lowest BCUT2D eigenvalue weighted by molar-refractivity contribution is 0.0696. The van der Waals surface area contributed by atoms with E-state index in [-0.39, 0.29) is 6.10 Å². The van der Waals surface area contributed by atoms with Gasteiger partial charge in [-0.1, -0.05) is 18.2 Å². The molecule has 0 saturated heterocycles. The molecule has 1 saturated carbocycles. The minimum absolute atomic E-state index is 0.283. The van der Waals surface area contributed by atoms with E-state index in [2.05, 4.69) is 10.3 Å². The molecule has 1 fully saturated rings. The topological polar surface area (TPSA) is 71.5 Å². The Morgan fingerprint density at radius 2 is 2.04 bits per heavy atom. The highest BCUT2D eigenvalue weighted by atomic mass is 16.5. The molecule has 1 heterocycles. The van der Waals surface area contributed by atoms with Crippen LogP contribution in [-0.2, 0) is 13.1 Å². The smallest absolute Gasteiger partial charge is 0.335 e. The summed E-state index contributed by atoms with van der Waals surface area (Å²) in [5, 5.41) is 12.4. The maximum Gasteiger partial charge on any atom is 0.335 e. The molecule has 3 rings (SSSR count). The first kappa shape index (κ1) is 16.5. The van der Waals surface area contributed by atoms with Gasteiger partial charge in [0.15, 0.2) is 0 Å². The molecule has 0 atom stereocenters. The molecule has 2 N–H and O–H groups in total. The molecular weight excluding hydrogens is 304 g/mol. The number of nitrogens with zero attached hydrogens (tertiary/aromatic N) is 1. The molecule has 0 radical (unpaired) electrons. The van der Waals surface area contributed by atoms with E-state index >= 15 is 0 Å². The second-order valence-corrected chi connectivity index (χ2v) is 6.10. The monoisotopic (exact) mass is 326 g/mol. The zero-order valence-corrected chi connectivity index (χ0v) is 13.6. The molecule has 5 heteroatoms. The third kappa shape index (κ3) is 4.32. The molecule has 1 aromatic heterocycles. The van der Waals surface area contributed by atoms with Gasteiger partial charge in [-0.25, -0.2) is 9.78 Å². The van der Waals surface area contributed by atoms with Gasteiger partial charge in [0.05, 0.1) is 5.56 Å². The molecule has 0 spiro atoms. The van der Waals surface area contributed by atoms with Gasteiger partial charge in [0.25, 0.3) is 0 Å². The van der Waals surface area contributed by atoms with Crippen molar-refractivity contribution < 1.29 is 14.6 Å². The quantitative estimate of drug-likeness (QED) is 0.816. The van der Waals surface area contributed by atoms with Crippen LogP contribution in [0.5, 0.6) is 5.88 Å². The molecule has 2 aromatic rings. The van der Waals surface area contributed by atoms with Crippen molar-refractivity contribution in [3.8, 4) is 5.88 Å². The van der Waals surface area contributed by atoms with Crippen molar-refractivity contribution in [2.24, 2.45) is 0 Å². The van der Waals surface area contributed by atoms with E-state index in [1.807, 2.05) is 18.2 Å². The van der Waals surface area contributed by atoms with E-state index in [1.54, 1.807) is 24.4 Å². The van der Waals surface area contributed by atoms with E-state index < -0.39 is 5.97 Å². The van der Waals surface area contributed by atoms with E-state index in [0.717, 1.165) is 24.0 Å². The second kappa shape index (κ2) is 7.93. The number of aromatic carboxylic acids is 1. The highest BCUT2D eigenvalue weighted by Crippen LogP contribution is 2.25. The van der Waals surface area contributed by atoms with Gasteiger partial charge < -0.3 is 15.2 Å². The summed E-state index contributed by atoms with van der Waals surface area (Å²) in [5.74, 6) is -0.201. The molecule has 0 bridgehead atoms. The number of carboxylic acid groups (broad SMARTS) is 1. The summed E-state index contributed by atoms with van der Waals surface area (Å²) in [6.07, 6.45) is 6.70. The number of benzene rings is 1. The van der Waals surface area contributed by atoms with Crippen LogP contribution in [0.3, 0.4) is 0 Å². The normalized spacial score (nSPS) is 14.7. The van der Waals surface area contributed by atoms with Crippen molar-refractivity contribution >= 4 is 5.97 Å². The van der Waals surface area contributed by atoms with Crippen molar-refractivity contribution in [1.82, 2.24) is 10.3 Å². The minimum atomic E-state index is -0.906. The van der Waals surface area contributed by atoms with Crippen molar-refractivity contribution in [2.45, 2.75) is 44.9 Å². The summed E-state index contributed by atoms with van der Waals surface area (Å²) in [6, 6.07) is 10.9. The van der Waals surface area contributed by atoms with Gasteiger partial charge in [-0.3, -0.25) is 0 Å². The van der Waals surface area contributed by atoms with Crippen LogP contribution in [0.15, 0.2) is 42.6 Å². The number of pyridine rings is 1. The Bertz CT molecular complexity index is 697. The van der Waals surface area contributed by atoms with Gasteiger partial charge >= 0.3 is 5.97 Å². The number of hydrogen-bond donors (Lipinski definition) is 2. The highest BCUT2D eigenvalue weighted by Gasteiger charge is 2.18. The van der Waals surface area contributed by atoms with Crippen molar-refractivity contribution in [1.29, 1.82) is 0 Å². The second-order valence-electron chi connectivity index (χ2n) is 6.10. The number of nitrogens with one attached hydrogen (secondary N) is 1. The number of ether oxygens (including phenoxy) is 1. The third-order valence-electron chi connectivity index (χ3n) is 4.25. The van der Waals surface area contributed by atoms with E-state index in [4.69, 9.17) is 9.84 Å². The lowest BCUT2D eigenvalue weighted by Crippen LogP contribution is -2.17. The van der Waals surface area contributed by atoms with E-state index in [0.29, 0.717) is 24.5 Å². The molecule has 5 nitrogen and oxygen atoms in total. The fraction of sp³-hybridized carbons (Fsp3) is 0.368. The first-order valence-corrected chi connectivity index (χ1v) is 8.36. The van der Waals surface area contributed by atoms with Gasteiger partial charge in [0.1, 0.15) is 6.10 Å². The molecule has 1 aliphatic rings. The Hall–Kier alpha value is -2.40. The van der Waals surface area contributed by atoms with Crippen LogP contribution in [0.1, 0.15) is 47.2 Å². The summed E-state index contributed by atoms with van der Waals surface area (Å²) in [4.78, 5) is 15.4. The predicted octanol–water partition coefficient (Wildman–Crippen LogP) is 3.39. The Labute approximate surface area is 141 Å². The molecule has 1 aliphatic carbocycles. The van der Waals surface area contributed by atoms with Crippen molar-refractivity contribution in [3.63, 3.8) is 0 Å². The van der Waals surface area contributed by atoms with Crippen LogP contribution >= 0.6 is 0 Å². The van der Waals surface area contributed by atoms with Crippen molar-refractivity contribution in [3.05, 3.63) is 59.3 Å². The maximum absolute atomic E-state index is 11.0. The molecule has 0 aliphatic heterocycles. The Kier molecular flexibility index (Phi) is 5.43. The first-order valence-electron chi connectivity index (χ1n) is 8.36. The van der Waals surface area contributed by atoms with E-state index in [1.165, 1.54) is 12.8 Å². The van der Waals surface area contributed by atoms with E-state index in [9.17, 15) is 4.79 Å². The first-order chi connectivity index (χ1) is 11.7. The predicted molar refractivity (Wildman–Crippen MR) is 91.1 cm³/mol. The maximum atomic E-state index is 11.0. The molecule has 0 unspecified atom stereocenters. The van der Waals surface area contributed by atoms with Crippen LogP contribution in [0, 0.1) is 0 Å². The Morgan fingerprint density at radius 1 is 1.21 bits per heavy atom. The Morgan fingerprint density at radius 3 is 2.83 bits per heavy atom. The summed E-state index contributed by atoms with van der Waals surface area (Å²) in [5.41, 5.74) is 2.27. The molecular formula is C19H22N2O3. The van der Waals surface area contributed by atoms with Crippen LogP contribution in [0.25, 0.3) is 0 Å². The fourth-order valence-electron chi connectivity index (χ4n) is 2.98. The van der Waals surface area contributed by atoms with Crippen LogP contribution < -0.4 is 10.1 Å². The fourth-order valence-corrected chi connectivity index (χ4v) is 2.98. The summed E-state index contributed by atoms with van der Waals surface area (Å²) < 4.78 is 6.03. The van der Waals surface area contributed by atoms with Gasteiger partial charge in [0.2, 0.25) is 5.88 Å². The highest BCUT2D eigenvalue weighted by molar-refractivity contribution is 5.87. The standard InChI is InChI=1S/C19H22N2O3/c22-19(23)15-6-3-5-14(11-15)12-20-13-16-7-4-10-21-18(16)24-17-8-1-2-9-17/h3-7,10-11,17,20H,1-2,8-9,12-13H2,(H,22,23). The summed E-state index contributed by atoms with van der Waals surface area (Å²) in [7, 11) is 0. The molecule has 0 amide bonds. The minimum Gasteiger partial charge on any atom is -0.478 e.